The first-order chi connectivity index (χ1) is 13.2. The van der Waals surface area contributed by atoms with Crippen molar-refractivity contribution in [1.29, 1.82) is 0 Å². The minimum absolute atomic E-state index is 0.808. The zero-order valence-corrected chi connectivity index (χ0v) is 21.6. The molecule has 0 amide bonds. The number of pyridine rings is 2. The van der Waals surface area contributed by atoms with E-state index in [1.54, 1.807) is 0 Å². The molecule has 2 aromatic carbocycles. The van der Waals surface area contributed by atoms with Gasteiger partial charge in [0.05, 0.1) is 0 Å². The predicted octanol–water partition coefficient (Wildman–Crippen LogP) is 3.94. The summed E-state index contributed by atoms with van der Waals surface area (Å²) in [6.07, 6.45) is 0. The van der Waals surface area contributed by atoms with Crippen LogP contribution in [-0.2, 0) is 0.972 Å². The van der Waals surface area contributed by atoms with Crippen LogP contribution in [0.25, 0.3) is 21.8 Å². The molecule has 0 aliphatic rings. The first-order valence-corrected chi connectivity index (χ1v) is 13.9. The quantitative estimate of drug-likeness (QED) is 0.334. The summed E-state index contributed by atoms with van der Waals surface area (Å²) in [5.74, 6) is 1.62. The van der Waals surface area contributed by atoms with Crippen LogP contribution in [0.3, 0.4) is 0 Å². The third-order valence-electron chi connectivity index (χ3n) is 4.11. The molecule has 2 heterocycles. The summed E-state index contributed by atoms with van der Waals surface area (Å²) in [5, 5.41) is 2.16. The van der Waals surface area contributed by atoms with Crippen LogP contribution in [0.2, 0.25) is 0 Å². The molecule has 0 bridgehead atoms. The SMILES string of the molecule is Cc1ccc2cccc([O][In][O][In][O]c3cccc4ccc(C)nc34)c2n1. The number of nitrogens with zero attached hydrogens (tertiary/aromatic N) is 2. The summed E-state index contributed by atoms with van der Waals surface area (Å²) in [5.41, 5.74) is 3.75. The van der Waals surface area contributed by atoms with Crippen molar-refractivity contribution in [2.24, 2.45) is 0 Å². The summed E-state index contributed by atoms with van der Waals surface area (Å²) in [4.78, 5) is 9.18. The number of benzene rings is 2. The van der Waals surface area contributed by atoms with Gasteiger partial charge in [0, 0.05) is 0 Å². The number of hydrogen-bond donors (Lipinski definition) is 0. The van der Waals surface area contributed by atoms with Crippen LogP contribution in [0.5, 0.6) is 11.5 Å². The van der Waals surface area contributed by atoms with E-state index in [0.717, 1.165) is 44.7 Å². The van der Waals surface area contributed by atoms with Gasteiger partial charge in [-0.25, -0.2) is 0 Å². The van der Waals surface area contributed by atoms with Crippen molar-refractivity contribution in [2.75, 3.05) is 0 Å². The summed E-state index contributed by atoms with van der Waals surface area (Å²) in [6, 6.07) is 20.1. The average Bonchev–Trinajstić information content (AvgIpc) is 2.68. The molecule has 0 fully saturated rings. The number of rotatable bonds is 6. The molecule has 0 saturated carbocycles. The number of aromatic nitrogens is 2. The van der Waals surface area contributed by atoms with Gasteiger partial charge in [0.15, 0.2) is 0 Å². The molecule has 130 valence electrons. The molecule has 2 aromatic heterocycles. The molecule has 0 aliphatic heterocycles. The fraction of sp³-hybridized carbons (Fsp3) is 0.100. The zero-order chi connectivity index (χ0) is 18.6. The van der Waals surface area contributed by atoms with Gasteiger partial charge in [0.2, 0.25) is 0 Å². The van der Waals surface area contributed by atoms with Gasteiger partial charge < -0.3 is 0 Å². The van der Waals surface area contributed by atoms with Crippen molar-refractivity contribution in [3.05, 3.63) is 72.1 Å². The number of hydrogen-bond acceptors (Lipinski definition) is 5. The van der Waals surface area contributed by atoms with Crippen LogP contribution in [0, 0.1) is 13.8 Å². The number of fused-ring (bicyclic) bond motifs is 2. The molecule has 0 N–H and O–H groups in total. The first kappa shape index (κ1) is 18.9. The monoisotopic (exact) mass is 562 g/mol. The molecular formula is C20H16In2N2O3. The van der Waals surface area contributed by atoms with E-state index in [4.69, 9.17) is 6.68 Å². The second-order valence-electron chi connectivity index (χ2n) is 6.13. The maximum absolute atomic E-state index is 5.98. The Kier molecular flexibility index (Phi) is 6.10. The van der Waals surface area contributed by atoms with E-state index in [2.05, 4.69) is 22.1 Å². The fourth-order valence-corrected chi connectivity index (χ4v) is 7.93. The van der Waals surface area contributed by atoms with Crippen molar-refractivity contribution in [3.8, 4) is 11.5 Å². The Morgan fingerprint density at radius 2 is 1.11 bits per heavy atom. The number of aryl methyl sites for hydroxylation is 2. The molecular weight excluding hydrogens is 546 g/mol. The molecule has 0 unspecified atom stereocenters. The molecule has 0 saturated heterocycles. The van der Waals surface area contributed by atoms with E-state index >= 15 is 0 Å². The van der Waals surface area contributed by atoms with Gasteiger partial charge in [-0.1, -0.05) is 0 Å². The first-order valence-electron chi connectivity index (χ1n) is 8.55. The molecule has 7 heteroatoms. The van der Waals surface area contributed by atoms with Crippen molar-refractivity contribution in [1.82, 2.24) is 9.97 Å². The van der Waals surface area contributed by atoms with Gasteiger partial charge >= 0.3 is 183 Å². The van der Waals surface area contributed by atoms with E-state index in [1.165, 1.54) is 0 Å². The van der Waals surface area contributed by atoms with Crippen molar-refractivity contribution < 1.29 is 6.68 Å². The van der Waals surface area contributed by atoms with E-state index in [-0.39, 0.29) is 0 Å². The fourth-order valence-electron chi connectivity index (χ4n) is 2.81. The van der Waals surface area contributed by atoms with Crippen LogP contribution in [0.15, 0.2) is 60.7 Å². The van der Waals surface area contributed by atoms with Gasteiger partial charge in [-0.15, -0.1) is 0 Å². The Hall–Kier alpha value is -1.44. The molecule has 5 nitrogen and oxygen atoms in total. The third-order valence-corrected chi connectivity index (χ3v) is 11.0. The molecule has 4 aromatic rings. The predicted molar refractivity (Wildman–Crippen MR) is 107 cm³/mol. The molecule has 0 spiro atoms. The van der Waals surface area contributed by atoms with Gasteiger partial charge in [-0.3, -0.25) is 0 Å². The van der Waals surface area contributed by atoms with Crippen LogP contribution >= 0.6 is 0 Å². The van der Waals surface area contributed by atoms with Gasteiger partial charge in [-0.05, 0) is 0 Å². The van der Waals surface area contributed by atoms with E-state index in [0.29, 0.717) is 0 Å². The Morgan fingerprint density at radius 1 is 0.630 bits per heavy atom. The van der Waals surface area contributed by atoms with Gasteiger partial charge in [0.25, 0.3) is 0 Å². The van der Waals surface area contributed by atoms with Crippen LogP contribution < -0.4 is 5.71 Å². The molecule has 27 heavy (non-hydrogen) atoms. The maximum atomic E-state index is 5.98. The summed E-state index contributed by atoms with van der Waals surface area (Å²) in [7, 11) is 0. The van der Waals surface area contributed by atoms with Crippen LogP contribution in [0.1, 0.15) is 11.4 Å². The summed E-state index contributed by atoms with van der Waals surface area (Å²) < 4.78 is 17.8. The van der Waals surface area contributed by atoms with E-state index in [1.807, 2.05) is 62.4 Å². The van der Waals surface area contributed by atoms with Crippen LogP contribution in [-0.4, -0.2) is 57.5 Å². The van der Waals surface area contributed by atoms with E-state index in [9.17, 15) is 0 Å². The topological polar surface area (TPSA) is 53.5 Å². The standard InChI is InChI=1S/2C10H9NO.2In.O/c2*1-7-5-6-8-3-2-4-9(12)10(8)11-7;;;/h2*2-6,12H,1H3;;;/q;;2*+1;/p-2. The Morgan fingerprint density at radius 3 is 1.59 bits per heavy atom. The Labute approximate surface area is 182 Å². The van der Waals surface area contributed by atoms with Crippen molar-refractivity contribution in [2.45, 2.75) is 13.8 Å². The molecule has 2 radical (unpaired) electrons. The molecule has 0 atom stereocenters. The van der Waals surface area contributed by atoms with Gasteiger partial charge in [0.1, 0.15) is 0 Å². The Bertz CT molecular complexity index is 1020. The molecule has 4 rings (SSSR count). The third kappa shape index (κ3) is 4.52. The average molecular weight is 562 g/mol. The van der Waals surface area contributed by atoms with Crippen molar-refractivity contribution in [3.63, 3.8) is 0 Å². The summed E-state index contributed by atoms with van der Waals surface area (Å²) >= 11 is -3.30. The Balaban J connectivity index is 1.38. The van der Waals surface area contributed by atoms with E-state index < -0.39 is 47.6 Å². The minimum atomic E-state index is -1.65. The second-order valence-corrected chi connectivity index (χ2v) is 14.6. The van der Waals surface area contributed by atoms with Crippen LogP contribution in [0.4, 0.5) is 0 Å². The normalized spacial score (nSPS) is 10.7. The second kappa shape index (κ2) is 8.71. The molecule has 0 aliphatic carbocycles. The zero-order valence-electron chi connectivity index (χ0n) is 15.0. The van der Waals surface area contributed by atoms with Gasteiger partial charge in [-0.2, -0.15) is 0 Å². The van der Waals surface area contributed by atoms with Crippen molar-refractivity contribution >= 4 is 69.4 Å². The summed E-state index contributed by atoms with van der Waals surface area (Å²) in [6.45, 7) is 3.97. The number of para-hydroxylation sites is 2.